The third-order valence-electron chi connectivity index (χ3n) is 2.62. The molecule has 1 aromatic heterocycles. The fourth-order valence-corrected chi connectivity index (χ4v) is 1.76. The standard InChI is InChI=1S/C13H15N3O5/c1-3-19-13(20-4-2)12-14-11(15-21-12)9-7-5-6-8-10(9)16(17)18/h5-8,13H,3-4H2,1-2H3. The zero-order chi connectivity index (χ0) is 15.2. The molecular weight excluding hydrogens is 278 g/mol. The Labute approximate surface area is 120 Å². The highest BCUT2D eigenvalue weighted by atomic mass is 16.7. The van der Waals surface area contributed by atoms with Crippen LogP contribution in [-0.2, 0) is 9.47 Å². The van der Waals surface area contributed by atoms with Crippen molar-refractivity contribution in [2.45, 2.75) is 20.1 Å². The van der Waals surface area contributed by atoms with E-state index in [1.54, 1.807) is 18.2 Å². The predicted octanol–water partition coefficient (Wildman–Crippen LogP) is 2.72. The fourth-order valence-electron chi connectivity index (χ4n) is 1.76. The minimum atomic E-state index is -0.774. The van der Waals surface area contributed by atoms with Crippen molar-refractivity contribution in [2.75, 3.05) is 13.2 Å². The third-order valence-corrected chi connectivity index (χ3v) is 2.62. The van der Waals surface area contributed by atoms with Gasteiger partial charge >= 0.3 is 0 Å². The summed E-state index contributed by atoms with van der Waals surface area (Å²) in [5.41, 5.74) is 0.193. The van der Waals surface area contributed by atoms with Gasteiger partial charge in [0.05, 0.1) is 4.92 Å². The molecule has 8 nitrogen and oxygen atoms in total. The molecule has 0 bridgehead atoms. The van der Waals surface area contributed by atoms with Gasteiger partial charge in [0, 0.05) is 19.3 Å². The van der Waals surface area contributed by atoms with Gasteiger partial charge in [0.1, 0.15) is 5.56 Å². The van der Waals surface area contributed by atoms with E-state index >= 15 is 0 Å². The predicted molar refractivity (Wildman–Crippen MR) is 72.4 cm³/mol. The van der Waals surface area contributed by atoms with Gasteiger partial charge < -0.3 is 14.0 Å². The number of para-hydroxylation sites is 1. The first kappa shape index (κ1) is 15.1. The number of nitrogens with zero attached hydrogens (tertiary/aromatic N) is 3. The quantitative estimate of drug-likeness (QED) is 0.439. The molecule has 2 aromatic rings. The molecule has 8 heteroatoms. The lowest BCUT2D eigenvalue weighted by Gasteiger charge is -2.11. The third kappa shape index (κ3) is 3.41. The van der Waals surface area contributed by atoms with E-state index in [0.717, 1.165) is 0 Å². The number of hydrogen-bond acceptors (Lipinski definition) is 7. The Morgan fingerprint density at radius 3 is 2.57 bits per heavy atom. The first-order chi connectivity index (χ1) is 10.2. The molecule has 0 saturated heterocycles. The van der Waals surface area contributed by atoms with Gasteiger partial charge in [-0.15, -0.1) is 0 Å². The molecule has 0 aliphatic rings. The van der Waals surface area contributed by atoms with Crippen molar-refractivity contribution in [3.8, 4) is 11.4 Å². The lowest BCUT2D eigenvalue weighted by molar-refractivity contribution is -0.384. The first-order valence-corrected chi connectivity index (χ1v) is 6.48. The van der Waals surface area contributed by atoms with Crippen molar-refractivity contribution < 1.29 is 18.9 Å². The summed E-state index contributed by atoms with van der Waals surface area (Å²) in [6, 6.07) is 6.18. The molecule has 0 aliphatic heterocycles. The number of benzene rings is 1. The number of nitro groups is 1. The number of hydrogen-bond donors (Lipinski definition) is 0. The smallest absolute Gasteiger partial charge is 0.283 e. The summed E-state index contributed by atoms with van der Waals surface area (Å²) < 4.78 is 15.8. The molecule has 0 saturated carbocycles. The number of nitro benzene ring substituents is 1. The van der Waals surface area contributed by atoms with Crippen molar-refractivity contribution in [1.29, 1.82) is 0 Å². The van der Waals surface area contributed by atoms with E-state index in [4.69, 9.17) is 14.0 Å². The van der Waals surface area contributed by atoms with Crippen LogP contribution in [0, 0.1) is 10.1 Å². The van der Waals surface area contributed by atoms with Gasteiger partial charge in [-0.1, -0.05) is 17.3 Å². The van der Waals surface area contributed by atoms with Gasteiger partial charge in [-0.2, -0.15) is 4.98 Å². The Kier molecular flexibility index (Phi) is 4.96. The molecule has 0 N–H and O–H groups in total. The Balaban J connectivity index is 2.33. The Hall–Kier alpha value is -2.32. The topological polar surface area (TPSA) is 101 Å². The first-order valence-electron chi connectivity index (χ1n) is 6.48. The van der Waals surface area contributed by atoms with Gasteiger partial charge in [0.2, 0.25) is 12.1 Å². The van der Waals surface area contributed by atoms with Crippen LogP contribution in [0.5, 0.6) is 0 Å². The molecular formula is C13H15N3O5. The van der Waals surface area contributed by atoms with E-state index in [2.05, 4.69) is 10.1 Å². The molecule has 0 aliphatic carbocycles. The minimum Gasteiger partial charge on any atom is -0.345 e. The Morgan fingerprint density at radius 2 is 1.95 bits per heavy atom. The lowest BCUT2D eigenvalue weighted by atomic mass is 10.2. The molecule has 0 spiro atoms. The van der Waals surface area contributed by atoms with Crippen LogP contribution in [0.15, 0.2) is 28.8 Å². The molecule has 0 atom stereocenters. The van der Waals surface area contributed by atoms with Gasteiger partial charge in [0.25, 0.3) is 11.6 Å². The molecule has 0 amide bonds. The van der Waals surface area contributed by atoms with E-state index in [0.29, 0.717) is 13.2 Å². The zero-order valence-corrected chi connectivity index (χ0v) is 11.7. The van der Waals surface area contributed by atoms with Crippen molar-refractivity contribution >= 4 is 5.69 Å². The maximum atomic E-state index is 11.0. The van der Waals surface area contributed by atoms with Crippen LogP contribution in [0.4, 0.5) is 5.69 Å². The Morgan fingerprint density at radius 1 is 1.29 bits per heavy atom. The molecule has 0 fully saturated rings. The molecule has 0 radical (unpaired) electrons. The van der Waals surface area contributed by atoms with E-state index < -0.39 is 11.2 Å². The molecule has 1 aromatic carbocycles. The maximum absolute atomic E-state index is 11.0. The van der Waals surface area contributed by atoms with E-state index in [9.17, 15) is 10.1 Å². The second-order valence-corrected chi connectivity index (χ2v) is 3.97. The number of ether oxygens (including phenoxy) is 2. The largest absolute Gasteiger partial charge is 0.345 e. The second kappa shape index (κ2) is 6.91. The summed E-state index contributed by atoms with van der Waals surface area (Å²) in [4.78, 5) is 14.6. The summed E-state index contributed by atoms with van der Waals surface area (Å²) in [7, 11) is 0. The summed E-state index contributed by atoms with van der Waals surface area (Å²) in [5.74, 6) is 0.258. The average Bonchev–Trinajstić information content (AvgIpc) is 2.96. The molecule has 112 valence electrons. The highest BCUT2D eigenvalue weighted by molar-refractivity contribution is 5.67. The van der Waals surface area contributed by atoms with Crippen LogP contribution in [0.25, 0.3) is 11.4 Å². The van der Waals surface area contributed by atoms with Crippen molar-refractivity contribution in [1.82, 2.24) is 10.1 Å². The maximum Gasteiger partial charge on any atom is 0.283 e. The van der Waals surface area contributed by atoms with Crippen LogP contribution in [0.2, 0.25) is 0 Å². The summed E-state index contributed by atoms with van der Waals surface area (Å²) in [6.45, 7) is 4.44. The highest BCUT2D eigenvalue weighted by Crippen LogP contribution is 2.28. The lowest BCUT2D eigenvalue weighted by Crippen LogP contribution is -2.09. The van der Waals surface area contributed by atoms with Crippen LogP contribution in [0.1, 0.15) is 26.0 Å². The van der Waals surface area contributed by atoms with Crippen LogP contribution in [-0.4, -0.2) is 28.3 Å². The van der Waals surface area contributed by atoms with Gasteiger partial charge in [-0.05, 0) is 19.9 Å². The van der Waals surface area contributed by atoms with Crippen molar-refractivity contribution in [3.05, 3.63) is 40.3 Å². The average molecular weight is 293 g/mol. The van der Waals surface area contributed by atoms with E-state index in [1.807, 2.05) is 13.8 Å². The molecule has 0 unspecified atom stereocenters. The second-order valence-electron chi connectivity index (χ2n) is 3.97. The van der Waals surface area contributed by atoms with Gasteiger partial charge in [-0.25, -0.2) is 0 Å². The van der Waals surface area contributed by atoms with E-state index in [-0.39, 0.29) is 23.0 Å². The Bertz CT molecular complexity index is 607. The minimum absolute atomic E-state index is 0.0887. The van der Waals surface area contributed by atoms with Crippen molar-refractivity contribution in [2.24, 2.45) is 0 Å². The summed E-state index contributed by atoms with van der Waals surface area (Å²) >= 11 is 0. The van der Waals surface area contributed by atoms with Gasteiger partial charge in [0.15, 0.2) is 0 Å². The normalized spacial score (nSPS) is 11.0. The number of rotatable bonds is 7. The van der Waals surface area contributed by atoms with Crippen LogP contribution >= 0.6 is 0 Å². The highest BCUT2D eigenvalue weighted by Gasteiger charge is 2.23. The summed E-state index contributed by atoms with van der Waals surface area (Å²) in [5, 5.41) is 14.8. The monoisotopic (exact) mass is 293 g/mol. The molecule has 1 heterocycles. The number of aromatic nitrogens is 2. The van der Waals surface area contributed by atoms with Crippen LogP contribution < -0.4 is 0 Å². The van der Waals surface area contributed by atoms with E-state index in [1.165, 1.54) is 6.07 Å². The van der Waals surface area contributed by atoms with Crippen molar-refractivity contribution in [3.63, 3.8) is 0 Å². The summed E-state index contributed by atoms with van der Waals surface area (Å²) in [6.07, 6.45) is -0.774. The van der Waals surface area contributed by atoms with Crippen LogP contribution in [0.3, 0.4) is 0 Å². The molecule has 2 rings (SSSR count). The molecule has 21 heavy (non-hydrogen) atoms. The zero-order valence-electron chi connectivity index (χ0n) is 11.7. The van der Waals surface area contributed by atoms with Gasteiger partial charge in [-0.3, -0.25) is 10.1 Å². The fraction of sp³-hybridized carbons (Fsp3) is 0.385. The SMILES string of the molecule is CCOC(OCC)c1nc(-c2ccccc2[N+](=O)[O-])no1.